The van der Waals surface area contributed by atoms with Crippen LogP contribution in [0.4, 0.5) is 11.8 Å². The molecule has 1 aromatic carbocycles. The first-order chi connectivity index (χ1) is 16.9. The van der Waals surface area contributed by atoms with E-state index in [1.807, 2.05) is 6.07 Å². The van der Waals surface area contributed by atoms with Gasteiger partial charge in [0, 0.05) is 30.7 Å². The minimum atomic E-state index is -0.263. The average molecular weight is 513 g/mol. The van der Waals surface area contributed by atoms with E-state index in [4.69, 9.17) is 27.9 Å². The minimum absolute atomic E-state index is 0.263. The average Bonchev–Trinajstić information content (AvgIpc) is 2.86. The van der Waals surface area contributed by atoms with E-state index in [0.29, 0.717) is 56.3 Å². The van der Waals surface area contributed by atoms with Gasteiger partial charge in [-0.3, -0.25) is 9.36 Å². The summed E-state index contributed by atoms with van der Waals surface area (Å²) in [5.41, 5.74) is 1.08. The van der Waals surface area contributed by atoms with Crippen LogP contribution in [-0.4, -0.2) is 50.7 Å². The summed E-state index contributed by atoms with van der Waals surface area (Å²) < 4.78 is 7.23. The van der Waals surface area contributed by atoms with Crippen LogP contribution in [0.25, 0.3) is 22.2 Å². The number of halogens is 2. The van der Waals surface area contributed by atoms with Crippen LogP contribution in [-0.2, 0) is 7.05 Å². The van der Waals surface area contributed by atoms with Gasteiger partial charge < -0.3 is 15.0 Å². The Balaban J connectivity index is 1.53. The van der Waals surface area contributed by atoms with E-state index >= 15 is 0 Å². The van der Waals surface area contributed by atoms with Gasteiger partial charge in [-0.1, -0.05) is 43.1 Å². The Labute approximate surface area is 213 Å². The second-order valence-corrected chi connectivity index (χ2v) is 8.69. The Hall–Kier alpha value is -3.20. The topological polar surface area (TPSA) is 85.2 Å². The van der Waals surface area contributed by atoms with Crippen molar-refractivity contribution in [1.29, 1.82) is 0 Å². The summed E-state index contributed by atoms with van der Waals surface area (Å²) in [4.78, 5) is 28.7. The third-order valence-corrected chi connectivity index (χ3v) is 6.36. The maximum absolute atomic E-state index is 13.1. The maximum atomic E-state index is 13.1. The molecule has 0 aliphatic rings. The molecule has 0 atom stereocenters. The van der Waals surface area contributed by atoms with Gasteiger partial charge in [0.05, 0.1) is 21.8 Å². The number of benzene rings is 1. The molecule has 0 amide bonds. The van der Waals surface area contributed by atoms with Gasteiger partial charge in [-0.25, -0.2) is 9.97 Å². The molecule has 3 aromatic heterocycles. The van der Waals surface area contributed by atoms with Gasteiger partial charge >= 0.3 is 0 Å². The summed E-state index contributed by atoms with van der Waals surface area (Å²) in [6.07, 6.45) is 3.30. The highest BCUT2D eigenvalue weighted by Gasteiger charge is 2.16. The fourth-order valence-electron chi connectivity index (χ4n) is 3.73. The largest absolute Gasteiger partial charge is 0.491 e. The van der Waals surface area contributed by atoms with Gasteiger partial charge in [-0.15, -0.1) is 0 Å². The van der Waals surface area contributed by atoms with E-state index in [0.717, 1.165) is 19.6 Å². The fourth-order valence-corrected chi connectivity index (χ4v) is 4.33. The van der Waals surface area contributed by atoms with Crippen LogP contribution < -0.4 is 15.6 Å². The molecule has 0 radical (unpaired) electrons. The number of nitrogens with zero attached hydrogens (tertiary/aromatic N) is 5. The normalized spacial score (nSPS) is 11.3. The molecule has 0 spiro atoms. The molecule has 0 saturated carbocycles. The number of ether oxygens (including phenoxy) is 1. The van der Waals surface area contributed by atoms with Crippen molar-refractivity contribution in [3.05, 3.63) is 69.2 Å². The van der Waals surface area contributed by atoms with E-state index in [-0.39, 0.29) is 5.56 Å². The summed E-state index contributed by atoms with van der Waals surface area (Å²) in [6, 6.07) is 10.5. The number of likely N-dealkylation sites (N-methyl/N-ethyl adjacent to an activating group) is 1. The molecule has 0 fully saturated rings. The number of hydrogen-bond donors (Lipinski definition) is 1. The maximum Gasteiger partial charge on any atom is 0.259 e. The quantitative estimate of drug-likeness (QED) is 0.331. The standard InChI is InChI=1S/C25H26Cl2N6O2/c1-4-33(5-2)11-12-35-17-9-10-21(28-15-17)30-25-29-14-16-13-18(24(34)32(3)23(16)31-25)22-19(26)7-6-8-20(22)27/h6-10,13-15H,4-5,11-12H2,1-3H3,(H,28,29,30,31). The van der Waals surface area contributed by atoms with Crippen LogP contribution in [0.1, 0.15) is 13.8 Å². The molecule has 1 N–H and O–H groups in total. The van der Waals surface area contributed by atoms with E-state index in [1.165, 1.54) is 4.57 Å². The van der Waals surface area contributed by atoms with Gasteiger partial charge in [0.1, 0.15) is 23.8 Å². The molecule has 3 heterocycles. The van der Waals surface area contributed by atoms with Crippen molar-refractivity contribution < 1.29 is 4.74 Å². The Morgan fingerprint density at radius 3 is 2.46 bits per heavy atom. The molecular weight excluding hydrogens is 487 g/mol. The van der Waals surface area contributed by atoms with Gasteiger partial charge in [-0.05, 0) is 43.4 Å². The minimum Gasteiger partial charge on any atom is -0.491 e. The van der Waals surface area contributed by atoms with Crippen LogP contribution in [0.15, 0.2) is 53.6 Å². The van der Waals surface area contributed by atoms with Crippen molar-refractivity contribution in [1.82, 2.24) is 24.4 Å². The van der Waals surface area contributed by atoms with Crippen LogP contribution in [0.2, 0.25) is 10.0 Å². The predicted molar refractivity (Wildman–Crippen MR) is 141 cm³/mol. The van der Waals surface area contributed by atoms with Crippen LogP contribution in [0.3, 0.4) is 0 Å². The first-order valence-electron chi connectivity index (χ1n) is 11.3. The molecule has 4 aromatic rings. The molecule has 0 unspecified atom stereocenters. The van der Waals surface area contributed by atoms with Crippen molar-refractivity contribution in [3.63, 3.8) is 0 Å². The number of aryl methyl sites for hydroxylation is 1. The van der Waals surface area contributed by atoms with Crippen molar-refractivity contribution in [2.75, 3.05) is 31.6 Å². The molecule has 8 nitrogen and oxygen atoms in total. The fraction of sp³-hybridized carbons (Fsp3) is 0.280. The third kappa shape index (κ3) is 5.56. The van der Waals surface area contributed by atoms with Gasteiger partial charge in [0.25, 0.3) is 5.56 Å². The Bertz CT molecular complexity index is 1370. The van der Waals surface area contributed by atoms with Crippen LogP contribution in [0.5, 0.6) is 5.75 Å². The van der Waals surface area contributed by atoms with E-state index in [1.54, 1.807) is 49.8 Å². The number of hydrogen-bond acceptors (Lipinski definition) is 7. The summed E-state index contributed by atoms with van der Waals surface area (Å²) in [5.74, 6) is 1.57. The highest BCUT2D eigenvalue weighted by Crippen LogP contribution is 2.33. The lowest BCUT2D eigenvalue weighted by molar-refractivity contribution is 0.222. The molecule has 35 heavy (non-hydrogen) atoms. The van der Waals surface area contributed by atoms with Gasteiger partial charge in [0.15, 0.2) is 0 Å². The summed E-state index contributed by atoms with van der Waals surface area (Å²) in [6.45, 7) is 7.71. The molecule has 0 aliphatic heterocycles. The summed E-state index contributed by atoms with van der Waals surface area (Å²) in [7, 11) is 1.65. The molecule has 10 heteroatoms. The molecule has 4 rings (SSSR count). The summed E-state index contributed by atoms with van der Waals surface area (Å²) >= 11 is 12.7. The highest BCUT2D eigenvalue weighted by molar-refractivity contribution is 6.39. The van der Waals surface area contributed by atoms with Crippen molar-refractivity contribution in [3.8, 4) is 16.9 Å². The Morgan fingerprint density at radius 1 is 1.06 bits per heavy atom. The predicted octanol–water partition coefficient (Wildman–Crippen LogP) is 5.16. The van der Waals surface area contributed by atoms with Crippen LogP contribution in [0, 0.1) is 0 Å². The second-order valence-electron chi connectivity index (χ2n) is 7.87. The SMILES string of the molecule is CCN(CC)CCOc1ccc(Nc2ncc3cc(-c4c(Cl)cccc4Cl)c(=O)n(C)c3n2)nc1. The number of fused-ring (bicyclic) bond motifs is 1. The lowest BCUT2D eigenvalue weighted by Crippen LogP contribution is -2.27. The number of nitrogens with one attached hydrogen (secondary N) is 1. The third-order valence-electron chi connectivity index (χ3n) is 5.73. The van der Waals surface area contributed by atoms with E-state index < -0.39 is 0 Å². The zero-order chi connectivity index (χ0) is 24.9. The van der Waals surface area contributed by atoms with Crippen LogP contribution >= 0.6 is 23.2 Å². The molecule has 0 aliphatic carbocycles. The molecular formula is C25H26Cl2N6O2. The zero-order valence-electron chi connectivity index (χ0n) is 19.8. The van der Waals surface area contributed by atoms with E-state index in [2.05, 4.69) is 39.0 Å². The Morgan fingerprint density at radius 2 is 1.80 bits per heavy atom. The highest BCUT2D eigenvalue weighted by atomic mass is 35.5. The second kappa shape index (κ2) is 11.0. The number of aromatic nitrogens is 4. The van der Waals surface area contributed by atoms with Gasteiger partial charge in [-0.2, -0.15) is 4.98 Å². The Kier molecular flexibility index (Phi) is 7.85. The molecule has 0 bridgehead atoms. The first-order valence-corrected chi connectivity index (χ1v) is 12.1. The molecule has 0 saturated heterocycles. The number of rotatable bonds is 9. The number of anilines is 2. The number of pyridine rings is 2. The first kappa shape index (κ1) is 24.9. The summed E-state index contributed by atoms with van der Waals surface area (Å²) in [5, 5.41) is 4.55. The van der Waals surface area contributed by atoms with E-state index in [9.17, 15) is 4.79 Å². The smallest absolute Gasteiger partial charge is 0.259 e. The van der Waals surface area contributed by atoms with Gasteiger partial charge in [0.2, 0.25) is 5.95 Å². The van der Waals surface area contributed by atoms with Crippen molar-refractivity contribution in [2.24, 2.45) is 7.05 Å². The molecule has 182 valence electrons. The monoisotopic (exact) mass is 512 g/mol. The lowest BCUT2D eigenvalue weighted by Gasteiger charge is -2.17. The zero-order valence-corrected chi connectivity index (χ0v) is 21.3. The van der Waals surface area contributed by atoms with Crippen molar-refractivity contribution in [2.45, 2.75) is 13.8 Å². The lowest BCUT2D eigenvalue weighted by atomic mass is 10.1. The van der Waals surface area contributed by atoms with Crippen molar-refractivity contribution >= 4 is 46.0 Å².